The zero-order valence-electron chi connectivity index (χ0n) is 10.8. The Labute approximate surface area is 117 Å². The Morgan fingerprint density at radius 1 is 1.53 bits per heavy atom. The fourth-order valence-electron chi connectivity index (χ4n) is 2.77. The van der Waals surface area contributed by atoms with Crippen LogP contribution in [0.1, 0.15) is 24.8 Å². The summed E-state index contributed by atoms with van der Waals surface area (Å²) in [6, 6.07) is 6.19. The topological polar surface area (TPSA) is 57.9 Å². The molecule has 0 aromatic carbocycles. The van der Waals surface area contributed by atoms with E-state index in [1.165, 1.54) is 5.75 Å². The van der Waals surface area contributed by atoms with Crippen molar-refractivity contribution in [1.82, 2.24) is 4.98 Å². The Balaban J connectivity index is 1.64. The van der Waals surface area contributed by atoms with Crippen LogP contribution in [0.4, 0.5) is 5.82 Å². The van der Waals surface area contributed by atoms with E-state index in [1.807, 2.05) is 17.8 Å². The fraction of sp³-hybridized carbons (Fsp3) is 0.571. The summed E-state index contributed by atoms with van der Waals surface area (Å²) in [7, 11) is 0. The van der Waals surface area contributed by atoms with Gasteiger partial charge >= 0.3 is 0 Å². The first kappa shape index (κ1) is 12.8. The highest BCUT2D eigenvalue weighted by atomic mass is 32.2. The predicted molar refractivity (Wildman–Crippen MR) is 76.2 cm³/mol. The monoisotopic (exact) mass is 275 g/mol. The highest BCUT2D eigenvalue weighted by molar-refractivity contribution is 7.99. The molecule has 2 aliphatic rings. The molecule has 0 bridgehead atoms. The van der Waals surface area contributed by atoms with Gasteiger partial charge in [-0.15, -0.1) is 0 Å². The van der Waals surface area contributed by atoms with E-state index >= 15 is 0 Å². The molecule has 19 heavy (non-hydrogen) atoms. The van der Waals surface area contributed by atoms with Crippen molar-refractivity contribution in [2.45, 2.75) is 30.9 Å². The predicted octanol–water partition coefficient (Wildman–Crippen LogP) is 2.42. The molecule has 3 rings (SSSR count). The number of pyridine rings is 1. The number of hydrogen-bond donors (Lipinski definition) is 1. The SMILES string of the molecule is N#Cc1ccc(N[C@H]2CCO[C@]3(CCSC3)C2)nc1. The van der Waals surface area contributed by atoms with Gasteiger partial charge in [0.05, 0.1) is 11.2 Å². The first-order chi connectivity index (χ1) is 9.30. The van der Waals surface area contributed by atoms with E-state index in [9.17, 15) is 0 Å². The molecule has 4 nitrogen and oxygen atoms in total. The summed E-state index contributed by atoms with van der Waals surface area (Å²) in [5.41, 5.74) is 0.689. The smallest absolute Gasteiger partial charge is 0.126 e. The van der Waals surface area contributed by atoms with Crippen molar-refractivity contribution in [2.75, 3.05) is 23.4 Å². The van der Waals surface area contributed by atoms with Gasteiger partial charge in [-0.25, -0.2) is 4.98 Å². The van der Waals surface area contributed by atoms with Crippen LogP contribution in [0.25, 0.3) is 0 Å². The van der Waals surface area contributed by atoms with Crippen LogP contribution < -0.4 is 5.32 Å². The lowest BCUT2D eigenvalue weighted by molar-refractivity contribution is -0.0628. The lowest BCUT2D eigenvalue weighted by atomic mass is 9.90. The molecule has 100 valence electrons. The standard InChI is InChI=1S/C14H17N3OS/c15-8-11-1-2-13(16-9-11)17-12-3-5-18-14(7-12)4-6-19-10-14/h1-2,9,12H,3-7,10H2,(H,16,17)/t12-,14+/m0/s1. The number of nitrogens with one attached hydrogen (secondary N) is 1. The summed E-state index contributed by atoms with van der Waals surface area (Å²) in [5.74, 6) is 3.18. The quantitative estimate of drug-likeness (QED) is 0.898. The van der Waals surface area contributed by atoms with E-state index in [2.05, 4.69) is 16.4 Å². The highest BCUT2D eigenvalue weighted by Crippen LogP contribution is 2.38. The third-order valence-corrected chi connectivity index (χ3v) is 5.03. The molecule has 0 unspecified atom stereocenters. The van der Waals surface area contributed by atoms with E-state index < -0.39 is 0 Å². The molecule has 2 saturated heterocycles. The Morgan fingerprint density at radius 2 is 2.47 bits per heavy atom. The zero-order chi connectivity index (χ0) is 13.1. The summed E-state index contributed by atoms with van der Waals surface area (Å²) in [5, 5.41) is 12.2. The second-order valence-corrected chi connectivity index (χ2v) is 6.32. The average molecular weight is 275 g/mol. The summed E-state index contributed by atoms with van der Waals surface area (Å²) < 4.78 is 6.01. The van der Waals surface area contributed by atoms with E-state index in [0.717, 1.165) is 37.4 Å². The minimum atomic E-state index is 0.0905. The molecule has 5 heteroatoms. The van der Waals surface area contributed by atoms with Gasteiger partial charge in [-0.3, -0.25) is 0 Å². The molecule has 1 aromatic heterocycles. The number of thioether (sulfide) groups is 1. The van der Waals surface area contributed by atoms with Crippen molar-refractivity contribution in [3.05, 3.63) is 23.9 Å². The van der Waals surface area contributed by atoms with E-state index in [0.29, 0.717) is 11.6 Å². The van der Waals surface area contributed by atoms with Crippen LogP contribution in [-0.2, 0) is 4.74 Å². The number of nitrogens with zero attached hydrogens (tertiary/aromatic N) is 2. The molecular weight excluding hydrogens is 258 g/mol. The van der Waals surface area contributed by atoms with Gasteiger partial charge < -0.3 is 10.1 Å². The van der Waals surface area contributed by atoms with Crippen LogP contribution in [-0.4, -0.2) is 34.7 Å². The van der Waals surface area contributed by atoms with Crippen molar-refractivity contribution in [2.24, 2.45) is 0 Å². The number of rotatable bonds is 2. The average Bonchev–Trinajstić information content (AvgIpc) is 2.88. The van der Waals surface area contributed by atoms with Crippen LogP contribution in [0, 0.1) is 11.3 Å². The molecule has 0 amide bonds. The second kappa shape index (κ2) is 5.40. The first-order valence-corrected chi connectivity index (χ1v) is 7.80. The van der Waals surface area contributed by atoms with Gasteiger partial charge in [0.2, 0.25) is 0 Å². The Hall–Kier alpha value is -1.25. The summed E-state index contributed by atoms with van der Waals surface area (Å²) in [4.78, 5) is 4.28. The van der Waals surface area contributed by atoms with Gasteiger partial charge in [0.1, 0.15) is 11.9 Å². The van der Waals surface area contributed by atoms with Gasteiger partial charge in [0.25, 0.3) is 0 Å². The minimum absolute atomic E-state index is 0.0905. The van der Waals surface area contributed by atoms with Crippen molar-refractivity contribution in [3.8, 4) is 6.07 Å². The van der Waals surface area contributed by atoms with Gasteiger partial charge in [-0.2, -0.15) is 17.0 Å². The van der Waals surface area contributed by atoms with E-state index in [1.54, 1.807) is 12.3 Å². The van der Waals surface area contributed by atoms with Crippen molar-refractivity contribution in [3.63, 3.8) is 0 Å². The third-order valence-electron chi connectivity index (χ3n) is 3.80. The van der Waals surface area contributed by atoms with Crippen LogP contribution in [0.2, 0.25) is 0 Å². The van der Waals surface area contributed by atoms with Gasteiger partial charge in [0.15, 0.2) is 0 Å². The van der Waals surface area contributed by atoms with Crippen LogP contribution >= 0.6 is 11.8 Å². The zero-order valence-corrected chi connectivity index (χ0v) is 11.6. The maximum absolute atomic E-state index is 8.76. The molecule has 0 aliphatic carbocycles. The lowest BCUT2D eigenvalue weighted by Gasteiger charge is -2.38. The second-order valence-electron chi connectivity index (χ2n) is 5.21. The molecular formula is C14H17N3OS. The number of anilines is 1. The van der Waals surface area contributed by atoms with Gasteiger partial charge in [-0.1, -0.05) is 0 Å². The summed E-state index contributed by atoms with van der Waals surface area (Å²) in [6.45, 7) is 0.828. The molecule has 0 radical (unpaired) electrons. The molecule has 3 heterocycles. The Bertz CT molecular complexity index is 476. The minimum Gasteiger partial charge on any atom is -0.374 e. The molecule has 2 aliphatic heterocycles. The van der Waals surface area contributed by atoms with Crippen LogP contribution in [0.5, 0.6) is 0 Å². The highest BCUT2D eigenvalue weighted by Gasteiger charge is 2.40. The normalized spacial score (nSPS) is 30.2. The molecule has 1 aromatic rings. The van der Waals surface area contributed by atoms with Crippen LogP contribution in [0.3, 0.4) is 0 Å². The Kier molecular flexibility index (Phi) is 3.63. The third kappa shape index (κ3) is 2.85. The largest absolute Gasteiger partial charge is 0.374 e. The molecule has 0 saturated carbocycles. The maximum atomic E-state index is 8.76. The molecule has 2 fully saturated rings. The Morgan fingerprint density at radius 3 is 3.16 bits per heavy atom. The maximum Gasteiger partial charge on any atom is 0.126 e. The molecule has 1 spiro atoms. The van der Waals surface area contributed by atoms with Crippen molar-refractivity contribution >= 4 is 17.6 Å². The first-order valence-electron chi connectivity index (χ1n) is 6.64. The van der Waals surface area contributed by atoms with Gasteiger partial charge in [-0.05, 0) is 37.1 Å². The van der Waals surface area contributed by atoms with Crippen molar-refractivity contribution in [1.29, 1.82) is 5.26 Å². The number of aromatic nitrogens is 1. The van der Waals surface area contributed by atoms with Gasteiger partial charge in [0, 0.05) is 24.6 Å². The molecule has 1 N–H and O–H groups in total. The fourth-order valence-corrected chi connectivity index (χ4v) is 4.15. The summed E-state index contributed by atoms with van der Waals surface area (Å²) in [6.07, 6.45) is 4.86. The number of ether oxygens (including phenoxy) is 1. The van der Waals surface area contributed by atoms with E-state index in [-0.39, 0.29) is 5.60 Å². The number of hydrogen-bond acceptors (Lipinski definition) is 5. The van der Waals surface area contributed by atoms with E-state index in [4.69, 9.17) is 10.00 Å². The lowest BCUT2D eigenvalue weighted by Crippen LogP contribution is -2.44. The molecule has 2 atom stereocenters. The van der Waals surface area contributed by atoms with Crippen molar-refractivity contribution < 1.29 is 4.74 Å². The van der Waals surface area contributed by atoms with Crippen LogP contribution in [0.15, 0.2) is 18.3 Å². The summed E-state index contributed by atoms with van der Waals surface area (Å²) >= 11 is 1.99. The number of nitriles is 1.